The maximum absolute atomic E-state index is 12.4. The summed E-state index contributed by atoms with van der Waals surface area (Å²) < 4.78 is 5.41. The van der Waals surface area contributed by atoms with Crippen molar-refractivity contribution in [2.45, 2.75) is 37.8 Å². The Morgan fingerprint density at radius 2 is 2.00 bits per heavy atom. The largest absolute Gasteiger partial charge is 0.464 e. The average molecular weight is 336 g/mol. The molecule has 1 aromatic carbocycles. The molecule has 5 nitrogen and oxygen atoms in total. The van der Waals surface area contributed by atoms with Crippen LogP contribution in [0.25, 0.3) is 22.2 Å². The van der Waals surface area contributed by atoms with E-state index in [0.29, 0.717) is 12.0 Å². The predicted octanol–water partition coefficient (Wildman–Crippen LogP) is 3.53. The van der Waals surface area contributed by atoms with Crippen molar-refractivity contribution in [2.75, 3.05) is 0 Å². The number of fused-ring (bicyclic) bond motifs is 1. The van der Waals surface area contributed by atoms with E-state index in [0.717, 1.165) is 41.5 Å². The van der Waals surface area contributed by atoms with Gasteiger partial charge < -0.3 is 14.8 Å². The predicted molar refractivity (Wildman–Crippen MR) is 95.2 cm³/mol. The number of nitrogens with zero attached hydrogens (tertiary/aromatic N) is 1. The van der Waals surface area contributed by atoms with Crippen LogP contribution in [-0.4, -0.2) is 28.1 Å². The Morgan fingerprint density at radius 1 is 1.16 bits per heavy atom. The Hall–Kier alpha value is -2.66. The highest BCUT2D eigenvalue weighted by atomic mass is 16.3. The first-order valence-corrected chi connectivity index (χ1v) is 8.62. The number of carbonyl (C=O) groups is 1. The Bertz CT molecular complexity index is 885. The monoisotopic (exact) mass is 336 g/mol. The summed E-state index contributed by atoms with van der Waals surface area (Å²) in [4.78, 5) is 16.9. The smallest absolute Gasteiger partial charge is 0.251 e. The van der Waals surface area contributed by atoms with Gasteiger partial charge in [-0.05, 0) is 49.9 Å². The first-order chi connectivity index (χ1) is 12.2. The van der Waals surface area contributed by atoms with Crippen LogP contribution < -0.4 is 5.32 Å². The minimum Gasteiger partial charge on any atom is -0.464 e. The van der Waals surface area contributed by atoms with Crippen molar-refractivity contribution in [3.8, 4) is 11.3 Å². The Morgan fingerprint density at radius 3 is 2.80 bits per heavy atom. The van der Waals surface area contributed by atoms with Gasteiger partial charge in [-0.3, -0.25) is 9.78 Å². The second-order valence-corrected chi connectivity index (χ2v) is 6.56. The summed E-state index contributed by atoms with van der Waals surface area (Å²) >= 11 is 0. The third-order valence-electron chi connectivity index (χ3n) is 4.78. The summed E-state index contributed by atoms with van der Waals surface area (Å²) in [6, 6.07) is 11.2. The standard InChI is InChI=1S/C20H20N2O3/c23-16-3-1-2-15(12-16)22-20(24)14-6-4-13(5-7-14)19-17-9-11-25-18(17)8-10-21-19/h4-11,15-16,23H,1-3,12H2,(H,22,24)/t15-,16-/m1/s1. The molecule has 5 heteroatoms. The Kier molecular flexibility index (Phi) is 4.24. The van der Waals surface area contributed by atoms with E-state index in [-0.39, 0.29) is 18.1 Å². The third kappa shape index (κ3) is 3.28. The van der Waals surface area contributed by atoms with Gasteiger partial charge in [-0.2, -0.15) is 0 Å². The summed E-state index contributed by atoms with van der Waals surface area (Å²) in [7, 11) is 0. The molecule has 0 spiro atoms. The fraction of sp³-hybridized carbons (Fsp3) is 0.300. The van der Waals surface area contributed by atoms with Crippen LogP contribution in [0.5, 0.6) is 0 Å². The number of amides is 1. The van der Waals surface area contributed by atoms with Crippen molar-refractivity contribution in [3.63, 3.8) is 0 Å². The molecule has 25 heavy (non-hydrogen) atoms. The molecule has 2 atom stereocenters. The van der Waals surface area contributed by atoms with Crippen molar-refractivity contribution in [1.82, 2.24) is 10.3 Å². The number of pyridine rings is 1. The highest BCUT2D eigenvalue weighted by Crippen LogP contribution is 2.27. The van der Waals surface area contributed by atoms with Gasteiger partial charge in [0.2, 0.25) is 0 Å². The Balaban J connectivity index is 1.52. The lowest BCUT2D eigenvalue weighted by atomic mass is 9.93. The van der Waals surface area contributed by atoms with Gasteiger partial charge in [-0.1, -0.05) is 12.1 Å². The zero-order valence-corrected chi connectivity index (χ0v) is 13.8. The summed E-state index contributed by atoms with van der Waals surface area (Å²) in [5.74, 6) is -0.0971. The lowest BCUT2D eigenvalue weighted by Gasteiger charge is -2.26. The molecule has 0 unspecified atom stereocenters. The molecule has 1 saturated carbocycles. The maximum Gasteiger partial charge on any atom is 0.251 e. The molecule has 1 amide bonds. The Labute approximate surface area is 145 Å². The molecule has 2 heterocycles. The van der Waals surface area contributed by atoms with Gasteiger partial charge in [0.05, 0.1) is 18.1 Å². The van der Waals surface area contributed by atoms with Crippen LogP contribution in [-0.2, 0) is 0 Å². The van der Waals surface area contributed by atoms with Gasteiger partial charge in [0.1, 0.15) is 5.58 Å². The molecular formula is C20H20N2O3. The number of nitrogens with one attached hydrogen (secondary N) is 1. The molecular weight excluding hydrogens is 316 g/mol. The number of carbonyl (C=O) groups excluding carboxylic acids is 1. The van der Waals surface area contributed by atoms with E-state index in [1.807, 2.05) is 36.4 Å². The van der Waals surface area contributed by atoms with Crippen LogP contribution in [0, 0.1) is 0 Å². The first-order valence-electron chi connectivity index (χ1n) is 8.62. The van der Waals surface area contributed by atoms with Crippen molar-refractivity contribution in [3.05, 3.63) is 54.4 Å². The fourth-order valence-electron chi connectivity index (χ4n) is 3.47. The van der Waals surface area contributed by atoms with E-state index in [1.54, 1.807) is 12.5 Å². The molecule has 0 aliphatic heterocycles. The van der Waals surface area contributed by atoms with Crippen LogP contribution >= 0.6 is 0 Å². The van der Waals surface area contributed by atoms with Crippen LogP contribution in [0.15, 0.2) is 53.3 Å². The summed E-state index contributed by atoms with van der Waals surface area (Å²) in [5.41, 5.74) is 3.19. The molecule has 2 N–H and O–H groups in total. The van der Waals surface area contributed by atoms with Gasteiger partial charge in [0, 0.05) is 28.8 Å². The van der Waals surface area contributed by atoms with Crippen molar-refractivity contribution >= 4 is 16.9 Å². The number of benzene rings is 1. The van der Waals surface area contributed by atoms with Crippen LogP contribution in [0.2, 0.25) is 0 Å². The number of aliphatic hydroxyl groups is 1. The van der Waals surface area contributed by atoms with Crippen molar-refractivity contribution in [1.29, 1.82) is 0 Å². The molecule has 1 aliphatic rings. The average Bonchev–Trinajstić information content (AvgIpc) is 3.10. The molecule has 0 radical (unpaired) electrons. The van der Waals surface area contributed by atoms with Gasteiger partial charge in [0.15, 0.2) is 0 Å². The number of rotatable bonds is 3. The number of aromatic nitrogens is 1. The summed E-state index contributed by atoms with van der Waals surface area (Å²) in [5, 5.41) is 13.7. The summed E-state index contributed by atoms with van der Waals surface area (Å²) in [6.07, 6.45) is 6.40. The van der Waals surface area contributed by atoms with Gasteiger partial charge in [-0.25, -0.2) is 0 Å². The lowest BCUT2D eigenvalue weighted by Crippen LogP contribution is -2.39. The molecule has 4 rings (SSSR count). The van der Waals surface area contributed by atoms with Crippen molar-refractivity contribution < 1.29 is 14.3 Å². The van der Waals surface area contributed by atoms with Gasteiger partial charge >= 0.3 is 0 Å². The maximum atomic E-state index is 12.4. The van der Waals surface area contributed by atoms with E-state index in [1.165, 1.54) is 0 Å². The van der Waals surface area contributed by atoms with E-state index in [2.05, 4.69) is 10.3 Å². The molecule has 1 aliphatic carbocycles. The van der Waals surface area contributed by atoms with Gasteiger partial charge in [-0.15, -0.1) is 0 Å². The quantitative estimate of drug-likeness (QED) is 0.767. The lowest BCUT2D eigenvalue weighted by molar-refractivity contribution is 0.0850. The molecule has 3 aromatic rings. The topological polar surface area (TPSA) is 75.4 Å². The fourth-order valence-corrected chi connectivity index (χ4v) is 3.47. The highest BCUT2D eigenvalue weighted by Gasteiger charge is 2.22. The first kappa shape index (κ1) is 15.8. The third-order valence-corrected chi connectivity index (χ3v) is 4.78. The molecule has 0 bridgehead atoms. The molecule has 0 saturated heterocycles. The second-order valence-electron chi connectivity index (χ2n) is 6.56. The van der Waals surface area contributed by atoms with E-state index >= 15 is 0 Å². The SMILES string of the molecule is O=C(N[C@@H]1CCC[C@@H](O)C1)c1ccc(-c2nccc3occc23)cc1. The normalized spacial score (nSPS) is 20.5. The van der Waals surface area contributed by atoms with Gasteiger partial charge in [0.25, 0.3) is 5.91 Å². The van der Waals surface area contributed by atoms with Crippen LogP contribution in [0.4, 0.5) is 0 Å². The minimum absolute atomic E-state index is 0.0530. The number of hydrogen-bond donors (Lipinski definition) is 2. The number of furan rings is 1. The zero-order valence-electron chi connectivity index (χ0n) is 13.8. The van der Waals surface area contributed by atoms with E-state index in [9.17, 15) is 9.90 Å². The number of aliphatic hydroxyl groups excluding tert-OH is 1. The molecule has 128 valence electrons. The molecule has 2 aromatic heterocycles. The van der Waals surface area contributed by atoms with Crippen molar-refractivity contribution in [2.24, 2.45) is 0 Å². The minimum atomic E-state index is -0.303. The zero-order chi connectivity index (χ0) is 17.2. The molecule has 1 fully saturated rings. The number of hydrogen-bond acceptors (Lipinski definition) is 4. The van der Waals surface area contributed by atoms with Crippen LogP contribution in [0.1, 0.15) is 36.0 Å². The van der Waals surface area contributed by atoms with E-state index in [4.69, 9.17) is 4.42 Å². The van der Waals surface area contributed by atoms with Crippen LogP contribution in [0.3, 0.4) is 0 Å². The summed E-state index contributed by atoms with van der Waals surface area (Å²) in [6.45, 7) is 0. The second kappa shape index (κ2) is 6.69. The van der Waals surface area contributed by atoms with E-state index < -0.39 is 0 Å². The highest BCUT2D eigenvalue weighted by molar-refractivity contribution is 5.96.